The molecular formula is C17H28N2O2. The molecule has 0 aliphatic carbocycles. The van der Waals surface area contributed by atoms with E-state index < -0.39 is 6.10 Å². The number of hydrogen-bond donors (Lipinski definition) is 2. The standard InChI is InChI=1S/C17H28N2O2/c1-3-19-9-4-5-14-13-15(6-7-16(14)19)17(21)8-10-18(2)11-12-20/h6-7,13,17,20-21H,3-5,8-12H2,1-2H3. The number of hydrogen-bond acceptors (Lipinski definition) is 4. The molecule has 0 amide bonds. The molecule has 0 aromatic heterocycles. The third-order valence-electron chi connectivity index (χ3n) is 4.35. The van der Waals surface area contributed by atoms with Crippen molar-refractivity contribution in [2.45, 2.75) is 32.3 Å². The van der Waals surface area contributed by atoms with Gasteiger partial charge in [-0.25, -0.2) is 0 Å². The Morgan fingerprint density at radius 1 is 1.33 bits per heavy atom. The van der Waals surface area contributed by atoms with Crippen LogP contribution in [0.3, 0.4) is 0 Å². The van der Waals surface area contributed by atoms with Crippen LogP contribution in [0.15, 0.2) is 18.2 Å². The summed E-state index contributed by atoms with van der Waals surface area (Å²) in [7, 11) is 1.97. The third kappa shape index (κ3) is 4.19. The Morgan fingerprint density at radius 3 is 2.86 bits per heavy atom. The quantitative estimate of drug-likeness (QED) is 0.804. The van der Waals surface area contributed by atoms with Crippen molar-refractivity contribution in [3.63, 3.8) is 0 Å². The van der Waals surface area contributed by atoms with Crippen molar-refractivity contribution in [1.29, 1.82) is 0 Å². The Bertz CT molecular complexity index is 450. The summed E-state index contributed by atoms with van der Waals surface area (Å²) in [6.45, 7) is 5.98. The fourth-order valence-corrected chi connectivity index (χ4v) is 3.02. The molecule has 1 aromatic rings. The van der Waals surface area contributed by atoms with Crippen LogP contribution < -0.4 is 4.90 Å². The molecule has 4 nitrogen and oxygen atoms in total. The highest BCUT2D eigenvalue weighted by molar-refractivity contribution is 5.57. The lowest BCUT2D eigenvalue weighted by Crippen LogP contribution is -2.29. The number of likely N-dealkylation sites (N-methyl/N-ethyl adjacent to an activating group) is 1. The fourth-order valence-electron chi connectivity index (χ4n) is 3.02. The van der Waals surface area contributed by atoms with Crippen molar-refractivity contribution in [1.82, 2.24) is 4.90 Å². The number of nitrogens with zero attached hydrogens (tertiary/aromatic N) is 2. The molecule has 1 aromatic carbocycles. The number of fused-ring (bicyclic) bond motifs is 1. The average Bonchev–Trinajstić information content (AvgIpc) is 2.51. The number of aryl methyl sites for hydroxylation is 1. The fraction of sp³-hybridized carbons (Fsp3) is 0.647. The monoisotopic (exact) mass is 292 g/mol. The molecule has 1 aliphatic heterocycles. The normalized spacial score (nSPS) is 16.1. The van der Waals surface area contributed by atoms with Crippen LogP contribution in [0.1, 0.15) is 37.0 Å². The maximum atomic E-state index is 10.4. The van der Waals surface area contributed by atoms with Gasteiger partial charge >= 0.3 is 0 Å². The maximum absolute atomic E-state index is 10.4. The van der Waals surface area contributed by atoms with Crippen LogP contribution >= 0.6 is 0 Å². The molecule has 1 unspecified atom stereocenters. The van der Waals surface area contributed by atoms with Crippen molar-refractivity contribution in [3.05, 3.63) is 29.3 Å². The molecule has 0 bridgehead atoms. The molecule has 1 aliphatic rings. The zero-order valence-electron chi connectivity index (χ0n) is 13.3. The molecule has 1 heterocycles. The maximum Gasteiger partial charge on any atom is 0.0802 e. The average molecular weight is 292 g/mol. The van der Waals surface area contributed by atoms with Crippen molar-refractivity contribution >= 4 is 5.69 Å². The van der Waals surface area contributed by atoms with Gasteiger partial charge in [-0.3, -0.25) is 0 Å². The second kappa shape index (κ2) is 7.78. The summed E-state index contributed by atoms with van der Waals surface area (Å²) < 4.78 is 0. The minimum Gasteiger partial charge on any atom is -0.395 e. The van der Waals surface area contributed by atoms with Crippen LogP contribution in [0.25, 0.3) is 0 Å². The topological polar surface area (TPSA) is 46.9 Å². The van der Waals surface area contributed by atoms with Gasteiger partial charge in [0.1, 0.15) is 0 Å². The van der Waals surface area contributed by atoms with Gasteiger partial charge in [0.05, 0.1) is 12.7 Å². The van der Waals surface area contributed by atoms with E-state index in [0.29, 0.717) is 13.0 Å². The Hall–Kier alpha value is -1.10. The minimum atomic E-state index is -0.423. The van der Waals surface area contributed by atoms with Gasteiger partial charge in [-0.15, -0.1) is 0 Å². The zero-order valence-corrected chi connectivity index (χ0v) is 13.3. The van der Waals surface area contributed by atoms with Crippen LogP contribution in [0, 0.1) is 0 Å². The predicted molar refractivity (Wildman–Crippen MR) is 86.8 cm³/mol. The summed E-state index contributed by atoms with van der Waals surface area (Å²) in [4.78, 5) is 4.45. The van der Waals surface area contributed by atoms with Crippen molar-refractivity contribution in [3.8, 4) is 0 Å². The number of rotatable bonds is 7. The summed E-state index contributed by atoms with van der Waals surface area (Å²) in [6, 6.07) is 6.39. The van der Waals surface area contributed by atoms with E-state index in [0.717, 1.165) is 31.6 Å². The Kier molecular flexibility index (Phi) is 6.03. The van der Waals surface area contributed by atoms with E-state index in [2.05, 4.69) is 30.0 Å². The highest BCUT2D eigenvalue weighted by atomic mass is 16.3. The second-order valence-corrected chi connectivity index (χ2v) is 5.90. The molecule has 0 saturated heterocycles. The van der Waals surface area contributed by atoms with Gasteiger partial charge in [-0.1, -0.05) is 12.1 Å². The lowest BCUT2D eigenvalue weighted by molar-refractivity contribution is 0.141. The molecule has 0 spiro atoms. The van der Waals surface area contributed by atoms with E-state index in [1.54, 1.807) is 0 Å². The highest BCUT2D eigenvalue weighted by Crippen LogP contribution is 2.30. The molecule has 0 fully saturated rings. The first-order valence-corrected chi connectivity index (χ1v) is 8.01. The molecule has 0 radical (unpaired) electrons. The van der Waals surface area contributed by atoms with Gasteiger partial charge < -0.3 is 20.0 Å². The van der Waals surface area contributed by atoms with E-state index in [1.165, 1.54) is 17.7 Å². The SMILES string of the molecule is CCN1CCCc2cc(C(O)CCN(C)CCO)ccc21. The van der Waals surface area contributed by atoms with Crippen LogP contribution in [0.4, 0.5) is 5.69 Å². The molecule has 4 heteroatoms. The lowest BCUT2D eigenvalue weighted by atomic mass is 9.96. The van der Waals surface area contributed by atoms with E-state index >= 15 is 0 Å². The molecule has 1 atom stereocenters. The van der Waals surface area contributed by atoms with Crippen LogP contribution in [-0.2, 0) is 6.42 Å². The molecule has 21 heavy (non-hydrogen) atoms. The first-order valence-electron chi connectivity index (χ1n) is 8.01. The third-order valence-corrected chi connectivity index (χ3v) is 4.35. The van der Waals surface area contributed by atoms with Gasteiger partial charge in [0.25, 0.3) is 0 Å². The second-order valence-electron chi connectivity index (χ2n) is 5.90. The van der Waals surface area contributed by atoms with E-state index in [9.17, 15) is 5.11 Å². The Balaban J connectivity index is 2.00. The Morgan fingerprint density at radius 2 is 2.14 bits per heavy atom. The summed E-state index contributed by atoms with van der Waals surface area (Å²) in [5.74, 6) is 0. The van der Waals surface area contributed by atoms with Crippen molar-refractivity contribution < 1.29 is 10.2 Å². The molecule has 2 N–H and O–H groups in total. The predicted octanol–water partition coefficient (Wildman–Crippen LogP) is 1.81. The van der Waals surface area contributed by atoms with Gasteiger partial charge in [0.15, 0.2) is 0 Å². The summed E-state index contributed by atoms with van der Waals surface area (Å²) in [5, 5.41) is 19.3. The first-order chi connectivity index (χ1) is 10.2. The van der Waals surface area contributed by atoms with E-state index in [-0.39, 0.29) is 6.61 Å². The number of aliphatic hydroxyl groups is 2. The first kappa shape index (κ1) is 16.3. The zero-order chi connectivity index (χ0) is 15.2. The number of anilines is 1. The van der Waals surface area contributed by atoms with Gasteiger partial charge in [0, 0.05) is 31.9 Å². The molecule has 0 saturated carbocycles. The van der Waals surface area contributed by atoms with Crippen LogP contribution in [0.2, 0.25) is 0 Å². The lowest BCUT2D eigenvalue weighted by Gasteiger charge is -2.31. The number of benzene rings is 1. The van der Waals surface area contributed by atoms with Crippen LogP contribution in [0.5, 0.6) is 0 Å². The minimum absolute atomic E-state index is 0.165. The molecule has 118 valence electrons. The van der Waals surface area contributed by atoms with Crippen molar-refractivity contribution in [2.75, 3.05) is 44.7 Å². The molecule has 2 rings (SSSR count). The van der Waals surface area contributed by atoms with Gasteiger partial charge in [-0.05, 0) is 50.4 Å². The smallest absolute Gasteiger partial charge is 0.0802 e. The summed E-state index contributed by atoms with van der Waals surface area (Å²) in [5.41, 5.74) is 3.71. The summed E-state index contributed by atoms with van der Waals surface area (Å²) in [6.07, 6.45) is 2.58. The van der Waals surface area contributed by atoms with E-state index in [4.69, 9.17) is 5.11 Å². The van der Waals surface area contributed by atoms with Gasteiger partial charge in [-0.2, -0.15) is 0 Å². The molecular weight excluding hydrogens is 264 g/mol. The van der Waals surface area contributed by atoms with E-state index in [1.807, 2.05) is 11.9 Å². The van der Waals surface area contributed by atoms with Gasteiger partial charge in [0.2, 0.25) is 0 Å². The highest BCUT2D eigenvalue weighted by Gasteiger charge is 2.17. The summed E-state index contributed by atoms with van der Waals surface area (Å²) >= 11 is 0. The number of aliphatic hydroxyl groups excluding tert-OH is 2. The van der Waals surface area contributed by atoms with Crippen LogP contribution in [-0.4, -0.2) is 54.9 Å². The van der Waals surface area contributed by atoms with Crippen molar-refractivity contribution in [2.24, 2.45) is 0 Å². The Labute approximate surface area is 128 Å². The largest absolute Gasteiger partial charge is 0.395 e.